The molecule has 0 amide bonds. The zero-order chi connectivity index (χ0) is 37.5. The molecule has 1 N–H and O–H groups in total. The van der Waals surface area contributed by atoms with Crippen LogP contribution in [-0.4, -0.2) is 16.2 Å². The Morgan fingerprint density at radius 2 is 1.14 bits per heavy atom. The van der Waals surface area contributed by atoms with Gasteiger partial charge in [-0.25, -0.2) is 9.98 Å². The Kier molecular flexibility index (Phi) is 7.09. The average molecular weight is 749 g/mol. The van der Waals surface area contributed by atoms with Gasteiger partial charge in [-0.05, 0) is 42.0 Å². The molecule has 1 unspecified atom stereocenters. The van der Waals surface area contributed by atoms with E-state index in [0.717, 1.165) is 50.0 Å². The molecule has 8 aromatic carbocycles. The first-order chi connectivity index (χ1) is 28.3. The van der Waals surface area contributed by atoms with Gasteiger partial charge in [0.15, 0.2) is 5.84 Å². The number of aromatic nitrogens is 1. The van der Waals surface area contributed by atoms with Crippen LogP contribution in [0.2, 0.25) is 0 Å². The van der Waals surface area contributed by atoms with Gasteiger partial charge in [0, 0.05) is 59.3 Å². The van der Waals surface area contributed by atoms with Gasteiger partial charge in [-0.2, -0.15) is 0 Å². The number of fused-ring (bicyclic) bond motifs is 9. The maximum atomic E-state index is 6.78. The van der Waals surface area contributed by atoms with E-state index in [4.69, 9.17) is 14.4 Å². The molecular weight excluding hydrogens is 717 g/mol. The second kappa shape index (κ2) is 12.6. The Hall–Kier alpha value is -7.28. The van der Waals surface area contributed by atoms with Crippen molar-refractivity contribution in [3.63, 3.8) is 0 Å². The maximum Gasteiger partial charge on any atom is 0.159 e. The highest BCUT2D eigenvalue weighted by Gasteiger charge is 2.23. The molecule has 11 aromatic rings. The minimum absolute atomic E-state index is 0.269. The summed E-state index contributed by atoms with van der Waals surface area (Å²) in [4.78, 5) is 10.1. The molecule has 4 heterocycles. The number of hydrogen-bond acceptors (Lipinski definition) is 5. The topological polar surface area (TPSA) is 54.8 Å². The van der Waals surface area contributed by atoms with Crippen LogP contribution in [0.4, 0.5) is 0 Å². The fourth-order valence-corrected chi connectivity index (χ4v) is 9.98. The highest BCUT2D eigenvalue weighted by molar-refractivity contribution is 7.26. The van der Waals surface area contributed by atoms with Gasteiger partial charge in [0.25, 0.3) is 0 Å². The van der Waals surface area contributed by atoms with Gasteiger partial charge in [-0.3, -0.25) is 0 Å². The number of hydrogen-bond donors (Lipinski definition) is 1. The molecule has 12 rings (SSSR count). The summed E-state index contributed by atoms with van der Waals surface area (Å²) >= 11 is 1.86. The maximum absolute atomic E-state index is 6.78. The molecule has 0 saturated carbocycles. The molecule has 0 saturated heterocycles. The molecule has 6 heteroatoms. The van der Waals surface area contributed by atoms with E-state index in [0.29, 0.717) is 5.84 Å². The van der Waals surface area contributed by atoms with Crippen LogP contribution in [0, 0.1) is 0 Å². The smallest absolute Gasteiger partial charge is 0.159 e. The van der Waals surface area contributed by atoms with E-state index in [9.17, 15) is 0 Å². The van der Waals surface area contributed by atoms with Crippen molar-refractivity contribution in [3.8, 4) is 16.8 Å². The highest BCUT2D eigenvalue weighted by atomic mass is 32.1. The number of amidine groups is 2. The minimum Gasteiger partial charge on any atom is -0.455 e. The third-order valence-corrected chi connectivity index (χ3v) is 12.6. The number of furan rings is 1. The van der Waals surface area contributed by atoms with Gasteiger partial charge < -0.3 is 14.3 Å². The Bertz CT molecular complexity index is 3390. The van der Waals surface area contributed by atoms with Gasteiger partial charge in [0.1, 0.15) is 23.2 Å². The number of nitrogens with one attached hydrogen (secondary N) is 1. The van der Waals surface area contributed by atoms with E-state index in [1.807, 2.05) is 47.7 Å². The van der Waals surface area contributed by atoms with E-state index in [1.165, 1.54) is 53.2 Å². The lowest BCUT2D eigenvalue weighted by molar-refractivity contribution is 0.669. The number of thiophene rings is 1. The molecule has 1 aliphatic heterocycles. The van der Waals surface area contributed by atoms with Crippen LogP contribution < -0.4 is 5.32 Å². The Labute approximate surface area is 331 Å². The zero-order valence-corrected chi connectivity index (χ0v) is 31.4. The summed E-state index contributed by atoms with van der Waals surface area (Å²) in [6.45, 7) is 0. The Morgan fingerprint density at radius 3 is 1.91 bits per heavy atom. The van der Waals surface area contributed by atoms with E-state index in [1.54, 1.807) is 0 Å². The lowest BCUT2D eigenvalue weighted by Crippen LogP contribution is -2.33. The van der Waals surface area contributed by atoms with Crippen LogP contribution in [0.15, 0.2) is 196 Å². The van der Waals surface area contributed by atoms with Crippen molar-refractivity contribution in [2.24, 2.45) is 9.98 Å². The summed E-state index contributed by atoms with van der Waals surface area (Å²) in [6, 6.07) is 64.2. The molecule has 0 aliphatic carbocycles. The number of rotatable bonds is 5. The highest BCUT2D eigenvalue weighted by Crippen LogP contribution is 2.46. The summed E-state index contributed by atoms with van der Waals surface area (Å²) in [5, 5.41) is 10.8. The molecule has 57 heavy (non-hydrogen) atoms. The Morgan fingerprint density at radius 1 is 0.509 bits per heavy atom. The standard InChI is InChI=1S/C51H32N4OS/c1-3-14-31(15-4-1)49-52-50(32-16-5-2-6-17-32)54-51(53-49)33-28-29-45-41(30-33)37-21-11-20-36(46(37)56-45)38-22-12-23-39-40-24-13-27-44(48(40)57-47(38)39)55-42-25-9-7-18-34(42)35-19-8-10-26-43(35)55/h1-30,49H,(H,52,53,54). The SMILES string of the molecule is c1ccc(C2=NC(c3ccccc3)NC(c3ccc4oc5c(-c6cccc7c6sc6c(-n8c9ccccc9c9ccccc98)cccc67)cccc5c4c3)=N2)cc1. The number of nitrogens with zero attached hydrogens (tertiary/aromatic N) is 3. The first-order valence-electron chi connectivity index (χ1n) is 19.2. The van der Waals surface area contributed by atoms with E-state index >= 15 is 0 Å². The van der Waals surface area contributed by atoms with Gasteiger partial charge in [-0.1, -0.05) is 146 Å². The van der Waals surface area contributed by atoms with Crippen molar-refractivity contribution in [3.05, 3.63) is 199 Å². The van der Waals surface area contributed by atoms with E-state index in [-0.39, 0.29) is 6.17 Å². The van der Waals surface area contributed by atoms with Gasteiger partial charge in [0.2, 0.25) is 0 Å². The summed E-state index contributed by atoms with van der Waals surface area (Å²) < 4.78 is 11.7. The van der Waals surface area contributed by atoms with Crippen molar-refractivity contribution >= 4 is 86.9 Å². The quantitative estimate of drug-likeness (QED) is 0.191. The number of aliphatic imine (C=N–C) groups is 2. The Balaban J connectivity index is 1.00. The third kappa shape index (κ3) is 5.01. The fourth-order valence-electron chi connectivity index (χ4n) is 8.65. The molecule has 0 spiro atoms. The van der Waals surface area contributed by atoms with Crippen LogP contribution in [0.25, 0.3) is 80.7 Å². The summed E-state index contributed by atoms with van der Waals surface area (Å²) in [5.41, 5.74) is 10.6. The van der Waals surface area contributed by atoms with Crippen molar-refractivity contribution in [1.29, 1.82) is 0 Å². The summed E-state index contributed by atoms with van der Waals surface area (Å²) in [5.74, 6) is 1.48. The molecule has 5 nitrogen and oxygen atoms in total. The predicted molar refractivity (Wildman–Crippen MR) is 238 cm³/mol. The number of benzene rings is 8. The molecule has 0 radical (unpaired) electrons. The second-order valence-electron chi connectivity index (χ2n) is 14.5. The molecule has 1 atom stereocenters. The monoisotopic (exact) mass is 748 g/mol. The predicted octanol–water partition coefficient (Wildman–Crippen LogP) is 13.2. The van der Waals surface area contributed by atoms with E-state index in [2.05, 4.69) is 155 Å². The molecular formula is C51H32N4OS. The van der Waals surface area contributed by atoms with Crippen LogP contribution in [0.5, 0.6) is 0 Å². The lowest BCUT2D eigenvalue weighted by atomic mass is 9.99. The molecule has 0 fully saturated rings. The minimum atomic E-state index is -0.269. The van der Waals surface area contributed by atoms with E-state index < -0.39 is 0 Å². The van der Waals surface area contributed by atoms with Crippen molar-refractivity contribution in [2.75, 3.05) is 0 Å². The van der Waals surface area contributed by atoms with Gasteiger partial charge in [-0.15, -0.1) is 11.3 Å². The average Bonchev–Trinajstić information content (AvgIpc) is 3.96. The third-order valence-electron chi connectivity index (χ3n) is 11.3. The zero-order valence-electron chi connectivity index (χ0n) is 30.6. The second-order valence-corrected chi connectivity index (χ2v) is 15.6. The van der Waals surface area contributed by atoms with Gasteiger partial charge >= 0.3 is 0 Å². The van der Waals surface area contributed by atoms with Crippen LogP contribution in [0.3, 0.4) is 0 Å². The van der Waals surface area contributed by atoms with Crippen LogP contribution >= 0.6 is 11.3 Å². The summed E-state index contributed by atoms with van der Waals surface area (Å²) in [6.07, 6.45) is -0.269. The molecule has 268 valence electrons. The van der Waals surface area contributed by atoms with Crippen molar-refractivity contribution < 1.29 is 4.42 Å². The largest absolute Gasteiger partial charge is 0.455 e. The van der Waals surface area contributed by atoms with Crippen LogP contribution in [-0.2, 0) is 0 Å². The first-order valence-corrected chi connectivity index (χ1v) is 20.0. The first kappa shape index (κ1) is 32.0. The van der Waals surface area contributed by atoms with Crippen molar-refractivity contribution in [2.45, 2.75) is 6.17 Å². The normalized spacial score (nSPS) is 14.5. The molecule has 3 aromatic heterocycles. The lowest BCUT2D eigenvalue weighted by Gasteiger charge is -2.23. The molecule has 0 bridgehead atoms. The fraction of sp³-hybridized carbons (Fsp3) is 0.0196. The molecule has 1 aliphatic rings. The summed E-state index contributed by atoms with van der Waals surface area (Å²) in [7, 11) is 0. The van der Waals surface area contributed by atoms with Crippen molar-refractivity contribution in [1.82, 2.24) is 9.88 Å². The number of para-hydroxylation sites is 3. The van der Waals surface area contributed by atoms with Crippen LogP contribution in [0.1, 0.15) is 22.9 Å². The van der Waals surface area contributed by atoms with Gasteiger partial charge in [0.05, 0.1) is 21.4 Å².